The molecule has 2 N–H and O–H groups in total. The topological polar surface area (TPSA) is 197 Å². The highest BCUT2D eigenvalue weighted by Gasteiger charge is 2.33. The molecule has 9 rings (SSSR count). The molecule has 9 aromatic rings. The summed E-state index contributed by atoms with van der Waals surface area (Å²) in [5.74, 6) is 2.88. The summed E-state index contributed by atoms with van der Waals surface area (Å²) >= 11 is 0. The van der Waals surface area contributed by atoms with Crippen LogP contribution in [0.5, 0.6) is 40.2 Å². The first-order valence-corrected chi connectivity index (χ1v) is 29.2. The standard InChI is InChI=1S/C58H47O13PS3/c1-40-6-28-51(29-7-40)72(59,52-4-3-5-56(38-52)74(62,63)64)53-30-35-57(58(39-53)75(65,66)67)71-50-22-14-44(15-23-50)37-43-12-20-47(21-13-43)70-49-26-33-55(34-27-49)73(60,61)54-31-24-48(25-32-54)69-46-18-10-42(11-19-46)36-41-8-16-45(68-2)17-9-41/h3-35,38-39H,36-37H2,1-2H3,(H,62,63,64)(H,65,66,67). The molecule has 0 saturated heterocycles. The Morgan fingerprint density at radius 1 is 0.400 bits per heavy atom. The van der Waals surface area contributed by atoms with Crippen molar-refractivity contribution in [3.8, 4) is 40.2 Å². The monoisotopic (exact) mass is 1080 g/mol. The fraction of sp³-hybridized carbons (Fsp3) is 0.0690. The number of aryl methyl sites for hydroxylation is 1. The van der Waals surface area contributed by atoms with Crippen LogP contribution in [-0.2, 0) is 47.5 Å². The minimum Gasteiger partial charge on any atom is -0.497 e. The number of methoxy groups -OCH3 is 1. The van der Waals surface area contributed by atoms with Crippen molar-refractivity contribution in [2.45, 2.75) is 39.3 Å². The third-order valence-electron chi connectivity index (χ3n) is 12.2. The largest absolute Gasteiger partial charge is 0.497 e. The lowest BCUT2D eigenvalue weighted by atomic mass is 10.0. The van der Waals surface area contributed by atoms with Gasteiger partial charge in [-0.05, 0) is 169 Å². The van der Waals surface area contributed by atoms with Crippen molar-refractivity contribution in [1.82, 2.24) is 0 Å². The second-order valence-corrected chi connectivity index (χ2v) is 24.9. The molecule has 13 nitrogen and oxygen atoms in total. The summed E-state index contributed by atoms with van der Waals surface area (Å²) in [5.41, 5.74) is 4.94. The van der Waals surface area contributed by atoms with E-state index < -0.39 is 47.0 Å². The number of sulfone groups is 1. The van der Waals surface area contributed by atoms with Gasteiger partial charge in [0.15, 0.2) is 7.14 Å². The Bertz CT molecular complexity index is 3890. The van der Waals surface area contributed by atoms with Crippen LogP contribution in [0.4, 0.5) is 0 Å². The van der Waals surface area contributed by atoms with Gasteiger partial charge in [-0.2, -0.15) is 16.8 Å². The molecule has 9 aromatic carbocycles. The molecule has 0 saturated carbocycles. The molecule has 380 valence electrons. The van der Waals surface area contributed by atoms with Crippen molar-refractivity contribution in [1.29, 1.82) is 0 Å². The van der Waals surface area contributed by atoms with Gasteiger partial charge in [0.05, 0.1) is 21.8 Å². The Labute approximate surface area is 435 Å². The molecule has 0 aliphatic rings. The van der Waals surface area contributed by atoms with Gasteiger partial charge in [0.1, 0.15) is 45.1 Å². The van der Waals surface area contributed by atoms with Crippen LogP contribution < -0.4 is 34.9 Å². The van der Waals surface area contributed by atoms with E-state index in [1.807, 2.05) is 67.6 Å². The third-order valence-corrected chi connectivity index (χ3v) is 18.7. The lowest BCUT2D eigenvalue weighted by Gasteiger charge is -2.22. The molecule has 0 fully saturated rings. The first-order chi connectivity index (χ1) is 35.8. The van der Waals surface area contributed by atoms with Crippen LogP contribution in [0.1, 0.15) is 27.8 Å². The van der Waals surface area contributed by atoms with Crippen molar-refractivity contribution in [2.75, 3.05) is 7.11 Å². The van der Waals surface area contributed by atoms with E-state index in [2.05, 4.69) is 0 Å². The van der Waals surface area contributed by atoms with Crippen LogP contribution in [0.15, 0.2) is 232 Å². The minimum absolute atomic E-state index is 0.00147. The van der Waals surface area contributed by atoms with Gasteiger partial charge in [0.2, 0.25) is 9.84 Å². The highest BCUT2D eigenvalue weighted by Crippen LogP contribution is 2.45. The first kappa shape index (κ1) is 52.1. The Balaban J connectivity index is 0.814. The molecule has 0 amide bonds. The molecule has 75 heavy (non-hydrogen) atoms. The molecule has 17 heteroatoms. The number of ether oxygens (including phenoxy) is 4. The number of hydrogen-bond acceptors (Lipinski definition) is 11. The van der Waals surface area contributed by atoms with E-state index in [1.54, 1.807) is 92.0 Å². The molecule has 1 unspecified atom stereocenters. The Morgan fingerprint density at radius 3 is 1.20 bits per heavy atom. The van der Waals surface area contributed by atoms with Gasteiger partial charge in [-0.15, -0.1) is 0 Å². The Morgan fingerprint density at radius 2 is 0.787 bits per heavy atom. The molecule has 0 aliphatic heterocycles. The normalized spacial score (nSPS) is 12.6. The maximum atomic E-state index is 15.2. The number of rotatable bonds is 18. The second kappa shape index (κ2) is 21.6. The van der Waals surface area contributed by atoms with E-state index in [0.29, 0.717) is 29.4 Å². The average Bonchev–Trinajstić information content (AvgIpc) is 3.40. The summed E-state index contributed by atoms with van der Waals surface area (Å²) < 4.78 is 135. The van der Waals surface area contributed by atoms with Crippen molar-refractivity contribution >= 4 is 53.1 Å². The smallest absolute Gasteiger partial charge is 0.298 e. The van der Waals surface area contributed by atoms with Gasteiger partial charge >= 0.3 is 0 Å². The molecule has 1 atom stereocenters. The summed E-state index contributed by atoms with van der Waals surface area (Å²) in [6.07, 6.45) is 1.27. The van der Waals surface area contributed by atoms with Crippen molar-refractivity contribution in [2.24, 2.45) is 0 Å². The second-order valence-electron chi connectivity index (χ2n) is 17.4. The molecular weight excluding hydrogens is 1030 g/mol. The first-order valence-electron chi connectivity index (χ1n) is 23.1. The predicted molar refractivity (Wildman–Crippen MR) is 287 cm³/mol. The predicted octanol–water partition coefficient (Wildman–Crippen LogP) is 11.5. The van der Waals surface area contributed by atoms with Crippen molar-refractivity contribution < 1.29 is 57.9 Å². The summed E-state index contributed by atoms with van der Waals surface area (Å²) in [5, 5.41) is 0.211. The molecule has 0 aliphatic carbocycles. The lowest BCUT2D eigenvalue weighted by molar-refractivity contribution is 0.414. The van der Waals surface area contributed by atoms with Gasteiger partial charge < -0.3 is 23.5 Å². The van der Waals surface area contributed by atoms with Gasteiger partial charge in [-0.1, -0.05) is 90.5 Å². The lowest BCUT2D eigenvalue weighted by Crippen LogP contribution is -2.26. The quantitative estimate of drug-likeness (QED) is 0.0609. The van der Waals surface area contributed by atoms with Crippen LogP contribution >= 0.6 is 7.14 Å². The zero-order valence-electron chi connectivity index (χ0n) is 40.2. The summed E-state index contributed by atoms with van der Waals surface area (Å²) in [6, 6.07) is 57.5. The van der Waals surface area contributed by atoms with E-state index in [-0.39, 0.29) is 37.2 Å². The minimum atomic E-state index is -4.97. The Hall–Kier alpha value is -7.82. The van der Waals surface area contributed by atoms with Gasteiger partial charge in [0, 0.05) is 15.9 Å². The molecule has 0 bridgehead atoms. The number of hydrogen-bond donors (Lipinski definition) is 2. The molecule has 0 spiro atoms. The molecular formula is C58H47O13PS3. The van der Waals surface area contributed by atoms with E-state index in [1.165, 1.54) is 48.5 Å². The average molecular weight is 1080 g/mol. The Kier molecular flexibility index (Phi) is 15.0. The highest BCUT2D eigenvalue weighted by atomic mass is 32.2. The SMILES string of the molecule is COc1ccc(Cc2ccc(Oc3ccc(S(=O)(=O)c4ccc(Oc5ccc(Cc6ccc(Oc7ccc(P(=O)(c8ccc(C)cc8)c8cccc(S(=O)(=O)O)c8)cc7S(=O)(=O)O)cc6)cc5)cc4)cc3)cc2)cc1. The summed E-state index contributed by atoms with van der Waals surface area (Å²) in [7, 11) is -15.9. The molecule has 0 heterocycles. The van der Waals surface area contributed by atoms with Crippen LogP contribution in [-0.4, -0.2) is 41.5 Å². The van der Waals surface area contributed by atoms with Crippen molar-refractivity contribution in [3.63, 3.8) is 0 Å². The number of benzene rings is 9. The summed E-state index contributed by atoms with van der Waals surface area (Å²) in [4.78, 5) is -0.951. The van der Waals surface area contributed by atoms with Gasteiger partial charge in [0.25, 0.3) is 20.2 Å². The maximum absolute atomic E-state index is 15.2. The van der Waals surface area contributed by atoms with Crippen LogP contribution in [0, 0.1) is 6.92 Å². The molecule has 0 aromatic heterocycles. The van der Waals surface area contributed by atoms with Crippen LogP contribution in [0.2, 0.25) is 0 Å². The fourth-order valence-electron chi connectivity index (χ4n) is 8.17. The van der Waals surface area contributed by atoms with E-state index in [0.717, 1.165) is 58.2 Å². The highest BCUT2D eigenvalue weighted by molar-refractivity contribution is 7.91. The fourth-order valence-corrected chi connectivity index (χ4v) is 13.4. The van der Waals surface area contributed by atoms with Gasteiger partial charge in [-0.3, -0.25) is 9.11 Å². The van der Waals surface area contributed by atoms with E-state index in [4.69, 9.17) is 18.9 Å². The van der Waals surface area contributed by atoms with Crippen LogP contribution in [0.3, 0.4) is 0 Å². The summed E-state index contributed by atoms with van der Waals surface area (Å²) in [6.45, 7) is 1.82. The van der Waals surface area contributed by atoms with Crippen LogP contribution in [0.25, 0.3) is 0 Å². The molecule has 0 radical (unpaired) electrons. The zero-order chi connectivity index (χ0) is 53.0. The van der Waals surface area contributed by atoms with Crippen molar-refractivity contribution in [3.05, 3.63) is 240 Å². The van der Waals surface area contributed by atoms with Gasteiger partial charge in [-0.25, -0.2) is 8.42 Å². The van der Waals surface area contributed by atoms with E-state index in [9.17, 15) is 34.4 Å². The third kappa shape index (κ3) is 12.2. The maximum Gasteiger partial charge on any atom is 0.298 e. The van der Waals surface area contributed by atoms with E-state index >= 15 is 4.57 Å². The zero-order valence-corrected chi connectivity index (χ0v) is 43.5.